The van der Waals surface area contributed by atoms with Crippen LogP contribution in [-0.4, -0.2) is 57.0 Å². The fourth-order valence-corrected chi connectivity index (χ4v) is 3.91. The maximum Gasteiger partial charge on any atom is 0.313 e. The second kappa shape index (κ2) is 12.3. The molecule has 4 nitrogen and oxygen atoms in total. The van der Waals surface area contributed by atoms with Crippen LogP contribution in [0.2, 0.25) is 0 Å². The molecule has 1 saturated heterocycles. The smallest absolute Gasteiger partial charge is 0.313 e. The summed E-state index contributed by atoms with van der Waals surface area (Å²) >= 11 is 0. The molecule has 0 saturated carbocycles. The highest BCUT2D eigenvalue weighted by molar-refractivity contribution is 5.77. The van der Waals surface area contributed by atoms with Crippen molar-refractivity contribution in [3.8, 4) is 0 Å². The van der Waals surface area contributed by atoms with E-state index >= 15 is 0 Å². The maximum absolute atomic E-state index is 12.3. The Bertz CT molecular complexity index is 591. The van der Waals surface area contributed by atoms with Crippen LogP contribution in [0.25, 0.3) is 0 Å². The lowest BCUT2D eigenvalue weighted by molar-refractivity contribution is -0.917. The Hall–Kier alpha value is -1.39. The Morgan fingerprint density at radius 1 is 0.931 bits per heavy atom. The molecule has 0 unspecified atom stereocenters. The topological polar surface area (TPSA) is 35.5 Å². The first-order valence-electron chi connectivity index (χ1n) is 11.6. The van der Waals surface area contributed by atoms with Crippen LogP contribution in [0.5, 0.6) is 0 Å². The van der Waals surface area contributed by atoms with Gasteiger partial charge in [0.25, 0.3) is 0 Å². The van der Waals surface area contributed by atoms with E-state index in [0.717, 1.165) is 44.7 Å². The van der Waals surface area contributed by atoms with Crippen LogP contribution < -0.4 is 0 Å². The number of carbonyl (C=O) groups excluding carboxylic acids is 1. The van der Waals surface area contributed by atoms with E-state index in [0.29, 0.717) is 12.5 Å². The molecular weight excluding hydrogens is 362 g/mol. The second-order valence-electron chi connectivity index (χ2n) is 9.23. The predicted octanol–water partition coefficient (Wildman–Crippen LogP) is 5.27. The molecule has 29 heavy (non-hydrogen) atoms. The zero-order valence-corrected chi connectivity index (χ0v) is 19.1. The van der Waals surface area contributed by atoms with Gasteiger partial charge >= 0.3 is 5.97 Å². The van der Waals surface area contributed by atoms with Gasteiger partial charge in [-0.3, -0.25) is 4.79 Å². The number of benzene rings is 1. The summed E-state index contributed by atoms with van der Waals surface area (Å²) < 4.78 is 12.1. The third-order valence-corrected chi connectivity index (χ3v) is 6.34. The average molecular weight is 405 g/mol. The minimum absolute atomic E-state index is 0.107. The van der Waals surface area contributed by atoms with E-state index in [1.54, 1.807) is 0 Å². The lowest BCUT2D eigenvalue weighted by atomic mass is 9.96. The van der Waals surface area contributed by atoms with Gasteiger partial charge in [0.2, 0.25) is 0 Å². The Balaban J connectivity index is 1.50. The maximum atomic E-state index is 12.3. The van der Waals surface area contributed by atoms with Gasteiger partial charge in [0, 0.05) is 0 Å². The summed E-state index contributed by atoms with van der Waals surface area (Å²) in [5, 5.41) is 0. The Morgan fingerprint density at radius 2 is 1.48 bits per heavy atom. The Labute approximate surface area is 178 Å². The zero-order valence-electron chi connectivity index (χ0n) is 19.1. The third-order valence-electron chi connectivity index (χ3n) is 6.34. The molecule has 1 aromatic rings. The van der Waals surface area contributed by atoms with E-state index in [4.69, 9.17) is 9.47 Å². The van der Waals surface area contributed by atoms with Crippen LogP contribution >= 0.6 is 0 Å². The van der Waals surface area contributed by atoms with Crippen molar-refractivity contribution in [1.82, 2.24) is 0 Å². The monoisotopic (exact) mass is 404 g/mol. The molecule has 1 aromatic carbocycles. The van der Waals surface area contributed by atoms with Crippen LogP contribution in [0.4, 0.5) is 0 Å². The summed E-state index contributed by atoms with van der Waals surface area (Å²) in [5.41, 5.74) is 2.34. The van der Waals surface area contributed by atoms with E-state index in [-0.39, 0.29) is 11.9 Å². The molecule has 0 radical (unpaired) electrons. The SMILES string of the molecule is CC(C)c1ccc([C@H](C)C(=O)OCCCCCCCC[N+]2(C)CCOCC2)cc1. The first-order chi connectivity index (χ1) is 13.9. The van der Waals surface area contributed by atoms with Crippen molar-refractivity contribution in [1.29, 1.82) is 0 Å². The number of carbonyl (C=O) groups is 1. The second-order valence-corrected chi connectivity index (χ2v) is 9.23. The molecule has 1 fully saturated rings. The van der Waals surface area contributed by atoms with Gasteiger partial charge < -0.3 is 14.0 Å². The lowest BCUT2D eigenvalue weighted by Crippen LogP contribution is -2.52. The molecular formula is C25H42NO3+. The molecule has 0 N–H and O–H groups in total. The van der Waals surface area contributed by atoms with Crippen LogP contribution in [0.15, 0.2) is 24.3 Å². The number of unbranched alkanes of at least 4 members (excludes halogenated alkanes) is 5. The molecule has 1 atom stereocenters. The number of hydrogen-bond acceptors (Lipinski definition) is 3. The lowest BCUT2D eigenvalue weighted by Gasteiger charge is -2.37. The van der Waals surface area contributed by atoms with Gasteiger partial charge in [0.05, 0.1) is 39.3 Å². The van der Waals surface area contributed by atoms with Crippen molar-refractivity contribution in [3.05, 3.63) is 35.4 Å². The number of hydrogen-bond donors (Lipinski definition) is 0. The highest BCUT2D eigenvalue weighted by Gasteiger charge is 2.24. The van der Waals surface area contributed by atoms with E-state index in [1.807, 2.05) is 6.92 Å². The summed E-state index contributed by atoms with van der Waals surface area (Å²) in [4.78, 5) is 12.3. The van der Waals surface area contributed by atoms with Crippen molar-refractivity contribution < 1.29 is 18.8 Å². The van der Waals surface area contributed by atoms with E-state index in [9.17, 15) is 4.79 Å². The number of nitrogens with zero attached hydrogens (tertiary/aromatic N) is 1. The van der Waals surface area contributed by atoms with Crippen LogP contribution in [0, 0.1) is 0 Å². The Kier molecular flexibility index (Phi) is 10.2. The molecule has 2 rings (SSSR count). The molecule has 0 spiro atoms. The van der Waals surface area contributed by atoms with Gasteiger partial charge in [0.15, 0.2) is 0 Å². The molecule has 1 aliphatic heterocycles. The average Bonchev–Trinajstić information content (AvgIpc) is 2.72. The predicted molar refractivity (Wildman–Crippen MR) is 119 cm³/mol. The van der Waals surface area contributed by atoms with Crippen molar-refractivity contribution in [2.75, 3.05) is 46.5 Å². The molecule has 0 aromatic heterocycles. The standard InChI is InChI=1S/C25H42NO3/c1-21(2)23-11-13-24(14-12-23)22(3)25(27)29-18-10-8-6-5-7-9-15-26(4)16-19-28-20-17-26/h11-14,21-22H,5-10,15-20H2,1-4H3/q+1/t22-/m0/s1. The van der Waals surface area contributed by atoms with Gasteiger partial charge in [-0.2, -0.15) is 0 Å². The van der Waals surface area contributed by atoms with Gasteiger partial charge in [0.1, 0.15) is 13.1 Å². The van der Waals surface area contributed by atoms with Crippen molar-refractivity contribution >= 4 is 5.97 Å². The highest BCUT2D eigenvalue weighted by Crippen LogP contribution is 2.21. The molecule has 0 aliphatic carbocycles. The summed E-state index contributed by atoms with van der Waals surface area (Å²) in [7, 11) is 2.36. The number of ether oxygens (including phenoxy) is 2. The largest absolute Gasteiger partial charge is 0.465 e. The summed E-state index contributed by atoms with van der Waals surface area (Å²) in [6.45, 7) is 12.3. The fourth-order valence-electron chi connectivity index (χ4n) is 3.91. The summed E-state index contributed by atoms with van der Waals surface area (Å²) in [5.74, 6) is 0.209. The highest BCUT2D eigenvalue weighted by atomic mass is 16.5. The van der Waals surface area contributed by atoms with Crippen LogP contribution in [0.3, 0.4) is 0 Å². The number of likely N-dealkylation sites (N-methyl/N-ethyl adjacent to an activating group) is 1. The zero-order chi connectivity index (χ0) is 21.1. The van der Waals surface area contributed by atoms with Crippen LogP contribution in [-0.2, 0) is 14.3 Å². The van der Waals surface area contributed by atoms with Gasteiger partial charge in [-0.05, 0) is 43.2 Å². The molecule has 0 bridgehead atoms. The first kappa shape index (κ1) is 23.9. The van der Waals surface area contributed by atoms with E-state index in [2.05, 4.69) is 45.2 Å². The van der Waals surface area contributed by atoms with Gasteiger partial charge in [-0.1, -0.05) is 57.4 Å². The normalized spacial score (nSPS) is 17.3. The third kappa shape index (κ3) is 8.47. The van der Waals surface area contributed by atoms with E-state index in [1.165, 1.54) is 42.3 Å². The van der Waals surface area contributed by atoms with Crippen molar-refractivity contribution in [2.24, 2.45) is 0 Å². The van der Waals surface area contributed by atoms with Gasteiger partial charge in [-0.25, -0.2) is 0 Å². The molecule has 1 heterocycles. The number of morpholine rings is 1. The summed E-state index contributed by atoms with van der Waals surface area (Å²) in [6.07, 6.45) is 7.23. The van der Waals surface area contributed by atoms with Crippen molar-refractivity contribution in [3.63, 3.8) is 0 Å². The molecule has 4 heteroatoms. The van der Waals surface area contributed by atoms with Gasteiger partial charge in [-0.15, -0.1) is 0 Å². The van der Waals surface area contributed by atoms with E-state index < -0.39 is 0 Å². The number of quaternary nitrogens is 1. The fraction of sp³-hybridized carbons (Fsp3) is 0.720. The van der Waals surface area contributed by atoms with Crippen LogP contribution in [0.1, 0.15) is 82.3 Å². The Morgan fingerprint density at radius 3 is 2.10 bits per heavy atom. The van der Waals surface area contributed by atoms with Crippen molar-refractivity contribution in [2.45, 2.75) is 71.1 Å². The molecule has 0 amide bonds. The number of rotatable bonds is 12. The molecule has 1 aliphatic rings. The minimum Gasteiger partial charge on any atom is -0.465 e. The number of esters is 1. The first-order valence-corrected chi connectivity index (χ1v) is 11.6. The molecule has 164 valence electrons. The minimum atomic E-state index is -0.194. The quantitative estimate of drug-likeness (QED) is 0.270. The summed E-state index contributed by atoms with van der Waals surface area (Å²) in [6, 6.07) is 8.34.